The van der Waals surface area contributed by atoms with Crippen molar-refractivity contribution in [3.8, 4) is 0 Å². The average molecular weight is 183 g/mol. The summed E-state index contributed by atoms with van der Waals surface area (Å²) in [6.45, 7) is 3.10. The van der Waals surface area contributed by atoms with Gasteiger partial charge in [-0.2, -0.15) is 0 Å². The SMILES string of the molecule is CC1=NOC2(CNC(=O)N(C)C2)C1. The van der Waals surface area contributed by atoms with Gasteiger partial charge in [0.2, 0.25) is 0 Å². The van der Waals surface area contributed by atoms with Gasteiger partial charge in [-0.05, 0) is 6.92 Å². The molecule has 1 N–H and O–H groups in total. The van der Waals surface area contributed by atoms with E-state index in [1.54, 1.807) is 11.9 Å². The fourth-order valence-corrected chi connectivity index (χ4v) is 1.82. The van der Waals surface area contributed by atoms with Crippen molar-refractivity contribution in [1.29, 1.82) is 0 Å². The number of urea groups is 1. The molecule has 0 aromatic carbocycles. The van der Waals surface area contributed by atoms with Crippen LogP contribution < -0.4 is 5.32 Å². The van der Waals surface area contributed by atoms with Crippen molar-refractivity contribution in [2.75, 3.05) is 20.1 Å². The first-order valence-corrected chi connectivity index (χ1v) is 4.32. The summed E-state index contributed by atoms with van der Waals surface area (Å²) in [5, 5.41) is 6.68. The molecule has 0 saturated carbocycles. The fraction of sp³-hybridized carbons (Fsp3) is 0.750. The molecule has 13 heavy (non-hydrogen) atoms. The topological polar surface area (TPSA) is 53.9 Å². The maximum absolute atomic E-state index is 11.1. The van der Waals surface area contributed by atoms with Crippen LogP contribution in [0, 0.1) is 0 Å². The third-order valence-corrected chi connectivity index (χ3v) is 2.41. The van der Waals surface area contributed by atoms with E-state index in [1.807, 2.05) is 6.92 Å². The van der Waals surface area contributed by atoms with E-state index in [0.717, 1.165) is 12.1 Å². The third-order valence-electron chi connectivity index (χ3n) is 2.41. The highest BCUT2D eigenvalue weighted by atomic mass is 16.7. The Morgan fingerprint density at radius 3 is 3.00 bits per heavy atom. The van der Waals surface area contributed by atoms with Crippen molar-refractivity contribution in [2.45, 2.75) is 18.9 Å². The van der Waals surface area contributed by atoms with Crippen LogP contribution in [0.2, 0.25) is 0 Å². The van der Waals surface area contributed by atoms with E-state index in [4.69, 9.17) is 4.84 Å². The van der Waals surface area contributed by atoms with Crippen molar-refractivity contribution >= 4 is 11.7 Å². The maximum atomic E-state index is 11.1. The molecular weight excluding hydrogens is 170 g/mol. The number of hydrogen-bond acceptors (Lipinski definition) is 3. The molecule has 0 aromatic rings. The number of hydrogen-bond donors (Lipinski definition) is 1. The number of nitrogens with zero attached hydrogens (tertiary/aromatic N) is 2. The van der Waals surface area contributed by atoms with E-state index in [9.17, 15) is 4.79 Å². The summed E-state index contributed by atoms with van der Waals surface area (Å²) in [5.74, 6) is 0. The second kappa shape index (κ2) is 2.61. The predicted molar refractivity (Wildman–Crippen MR) is 47.6 cm³/mol. The normalized spacial score (nSPS) is 32.9. The zero-order chi connectivity index (χ0) is 9.47. The smallest absolute Gasteiger partial charge is 0.317 e. The molecule has 2 aliphatic rings. The van der Waals surface area contributed by atoms with Gasteiger partial charge in [-0.1, -0.05) is 5.16 Å². The lowest BCUT2D eigenvalue weighted by Crippen LogP contribution is -2.59. The van der Waals surface area contributed by atoms with Crippen LogP contribution in [0.4, 0.5) is 4.79 Å². The molecule has 5 nitrogen and oxygen atoms in total. The molecule has 1 saturated heterocycles. The highest BCUT2D eigenvalue weighted by Gasteiger charge is 2.43. The van der Waals surface area contributed by atoms with Crippen LogP contribution in [0.1, 0.15) is 13.3 Å². The number of nitrogens with one attached hydrogen (secondary N) is 1. The molecule has 0 radical (unpaired) electrons. The number of likely N-dealkylation sites (N-methyl/N-ethyl adjacent to an activating group) is 1. The zero-order valence-corrected chi connectivity index (χ0v) is 7.83. The molecular formula is C8H13N3O2. The Morgan fingerprint density at radius 1 is 1.69 bits per heavy atom. The quantitative estimate of drug-likeness (QED) is 0.582. The van der Waals surface area contributed by atoms with Crippen LogP contribution >= 0.6 is 0 Å². The summed E-state index contributed by atoms with van der Waals surface area (Å²) >= 11 is 0. The summed E-state index contributed by atoms with van der Waals surface area (Å²) in [4.78, 5) is 18.1. The van der Waals surface area contributed by atoms with Crippen molar-refractivity contribution in [2.24, 2.45) is 5.16 Å². The molecule has 5 heteroatoms. The monoisotopic (exact) mass is 183 g/mol. The Morgan fingerprint density at radius 2 is 2.46 bits per heavy atom. The molecule has 0 bridgehead atoms. The number of carbonyl (C=O) groups is 1. The molecule has 72 valence electrons. The van der Waals surface area contributed by atoms with Gasteiger partial charge >= 0.3 is 6.03 Å². The fourth-order valence-electron chi connectivity index (χ4n) is 1.82. The lowest BCUT2D eigenvalue weighted by atomic mass is 9.96. The van der Waals surface area contributed by atoms with E-state index in [0.29, 0.717) is 13.1 Å². The van der Waals surface area contributed by atoms with Gasteiger partial charge in [0.1, 0.15) is 0 Å². The maximum Gasteiger partial charge on any atom is 0.317 e. The van der Waals surface area contributed by atoms with Crippen molar-refractivity contribution < 1.29 is 9.63 Å². The molecule has 1 atom stereocenters. The van der Waals surface area contributed by atoms with Gasteiger partial charge in [0.05, 0.1) is 18.8 Å². The standard InChI is InChI=1S/C8H13N3O2/c1-6-3-8(13-10-6)4-9-7(12)11(2)5-8/h3-5H2,1-2H3,(H,9,12). The second-order valence-corrected chi connectivity index (χ2v) is 3.79. The summed E-state index contributed by atoms with van der Waals surface area (Å²) in [6, 6.07) is -0.0428. The second-order valence-electron chi connectivity index (χ2n) is 3.79. The molecule has 2 heterocycles. The van der Waals surface area contributed by atoms with Crippen LogP contribution in [0.25, 0.3) is 0 Å². The number of rotatable bonds is 0. The molecule has 0 aliphatic carbocycles. The van der Waals surface area contributed by atoms with Crippen molar-refractivity contribution in [1.82, 2.24) is 10.2 Å². The van der Waals surface area contributed by atoms with E-state index in [2.05, 4.69) is 10.5 Å². The van der Waals surface area contributed by atoms with Gasteiger partial charge in [0.15, 0.2) is 5.60 Å². The van der Waals surface area contributed by atoms with E-state index in [1.165, 1.54) is 0 Å². The summed E-state index contributed by atoms with van der Waals surface area (Å²) < 4.78 is 0. The first-order valence-electron chi connectivity index (χ1n) is 4.32. The van der Waals surface area contributed by atoms with Gasteiger partial charge < -0.3 is 15.1 Å². The first kappa shape index (κ1) is 8.34. The molecule has 2 aliphatic heterocycles. The van der Waals surface area contributed by atoms with Gasteiger partial charge in [0.25, 0.3) is 0 Å². The van der Waals surface area contributed by atoms with Crippen LogP contribution in [0.15, 0.2) is 5.16 Å². The summed E-state index contributed by atoms with van der Waals surface area (Å²) in [5.41, 5.74) is 0.678. The molecule has 1 spiro atoms. The molecule has 0 aromatic heterocycles. The van der Waals surface area contributed by atoms with E-state index >= 15 is 0 Å². The third kappa shape index (κ3) is 1.34. The molecule has 2 rings (SSSR count). The average Bonchev–Trinajstić information content (AvgIpc) is 2.42. The Bertz CT molecular complexity index is 277. The van der Waals surface area contributed by atoms with Gasteiger partial charge in [-0.15, -0.1) is 0 Å². The Balaban J connectivity index is 2.07. The summed E-state index contributed by atoms with van der Waals surface area (Å²) in [6.07, 6.45) is 0.803. The number of carbonyl (C=O) groups excluding carboxylic acids is 1. The highest BCUT2D eigenvalue weighted by molar-refractivity contribution is 5.84. The minimum atomic E-state index is -0.313. The molecule has 1 unspecified atom stereocenters. The lowest BCUT2D eigenvalue weighted by Gasteiger charge is -2.36. The molecule has 2 amide bonds. The Labute approximate surface area is 76.7 Å². The molecule has 1 fully saturated rings. The van der Waals surface area contributed by atoms with E-state index in [-0.39, 0.29) is 11.6 Å². The van der Waals surface area contributed by atoms with E-state index < -0.39 is 0 Å². The van der Waals surface area contributed by atoms with Crippen molar-refractivity contribution in [3.05, 3.63) is 0 Å². The van der Waals surface area contributed by atoms with Crippen LogP contribution in [-0.4, -0.2) is 42.4 Å². The number of oxime groups is 1. The Kier molecular flexibility index (Phi) is 1.68. The highest BCUT2D eigenvalue weighted by Crippen LogP contribution is 2.26. The van der Waals surface area contributed by atoms with Gasteiger partial charge in [-0.25, -0.2) is 4.79 Å². The predicted octanol–water partition coefficient (Wildman–Crippen LogP) is 0.176. The summed E-state index contributed by atoms with van der Waals surface area (Å²) in [7, 11) is 1.76. The van der Waals surface area contributed by atoms with Gasteiger partial charge in [0, 0.05) is 13.5 Å². The minimum absolute atomic E-state index is 0.0428. The minimum Gasteiger partial charge on any atom is -0.385 e. The zero-order valence-electron chi connectivity index (χ0n) is 7.83. The van der Waals surface area contributed by atoms with Crippen molar-refractivity contribution in [3.63, 3.8) is 0 Å². The number of amides is 2. The van der Waals surface area contributed by atoms with Crippen LogP contribution in [-0.2, 0) is 4.84 Å². The van der Waals surface area contributed by atoms with Crippen LogP contribution in [0.3, 0.4) is 0 Å². The lowest BCUT2D eigenvalue weighted by molar-refractivity contribution is -0.0408. The van der Waals surface area contributed by atoms with Crippen LogP contribution in [0.5, 0.6) is 0 Å². The first-order chi connectivity index (χ1) is 6.11. The Hall–Kier alpha value is -1.26. The largest absolute Gasteiger partial charge is 0.385 e. The van der Waals surface area contributed by atoms with Gasteiger partial charge in [-0.3, -0.25) is 0 Å².